The van der Waals surface area contributed by atoms with Crippen molar-refractivity contribution < 1.29 is 24.4 Å². The van der Waals surface area contributed by atoms with Crippen molar-refractivity contribution in [2.45, 2.75) is 32.4 Å². The first kappa shape index (κ1) is 19.9. The van der Waals surface area contributed by atoms with E-state index in [1.54, 1.807) is 24.3 Å². The highest BCUT2D eigenvalue weighted by Crippen LogP contribution is 2.22. The Balaban J connectivity index is 2.17. The van der Waals surface area contributed by atoms with Crippen molar-refractivity contribution in [1.82, 2.24) is 5.32 Å². The number of nitro benzene ring substituents is 1. The molecule has 0 aliphatic heterocycles. The molecule has 27 heavy (non-hydrogen) atoms. The molecule has 2 N–H and O–H groups in total. The lowest BCUT2D eigenvalue weighted by Crippen LogP contribution is -2.30. The van der Waals surface area contributed by atoms with E-state index in [0.717, 1.165) is 0 Å². The number of carboxylic acid groups (broad SMARTS) is 1. The maximum absolute atomic E-state index is 12.4. The SMILES string of the molecule is CC(C)Oc1ccc(C(CC(=O)O)NC(=O)c2ccc([N+](=O)[O-])cc2)cc1. The van der Waals surface area contributed by atoms with Crippen LogP contribution < -0.4 is 10.1 Å². The van der Waals surface area contributed by atoms with Gasteiger partial charge < -0.3 is 15.2 Å². The van der Waals surface area contributed by atoms with Crippen LogP contribution >= 0.6 is 0 Å². The van der Waals surface area contributed by atoms with E-state index in [2.05, 4.69) is 5.32 Å². The Labute approximate surface area is 155 Å². The van der Waals surface area contributed by atoms with Crippen molar-refractivity contribution in [3.05, 3.63) is 69.8 Å². The lowest BCUT2D eigenvalue weighted by molar-refractivity contribution is -0.384. The van der Waals surface area contributed by atoms with E-state index in [4.69, 9.17) is 9.84 Å². The van der Waals surface area contributed by atoms with E-state index >= 15 is 0 Å². The molecule has 1 atom stereocenters. The molecule has 0 aromatic heterocycles. The van der Waals surface area contributed by atoms with E-state index in [9.17, 15) is 19.7 Å². The van der Waals surface area contributed by atoms with Gasteiger partial charge in [0.25, 0.3) is 11.6 Å². The summed E-state index contributed by atoms with van der Waals surface area (Å²) in [6.07, 6.45) is -0.296. The average molecular weight is 372 g/mol. The van der Waals surface area contributed by atoms with Crippen LogP contribution in [0.3, 0.4) is 0 Å². The molecular formula is C19H20N2O6. The topological polar surface area (TPSA) is 119 Å². The molecule has 2 aromatic rings. The zero-order valence-electron chi connectivity index (χ0n) is 14.9. The highest BCUT2D eigenvalue weighted by atomic mass is 16.6. The van der Waals surface area contributed by atoms with Crippen LogP contribution in [0.25, 0.3) is 0 Å². The van der Waals surface area contributed by atoms with Crippen LogP contribution in [0.2, 0.25) is 0 Å². The van der Waals surface area contributed by atoms with Gasteiger partial charge in [-0.2, -0.15) is 0 Å². The first-order chi connectivity index (χ1) is 12.8. The third kappa shape index (κ3) is 5.81. The number of ether oxygens (including phenoxy) is 1. The van der Waals surface area contributed by atoms with Crippen molar-refractivity contribution in [2.24, 2.45) is 0 Å². The van der Waals surface area contributed by atoms with Gasteiger partial charge in [-0.05, 0) is 43.7 Å². The summed E-state index contributed by atoms with van der Waals surface area (Å²) >= 11 is 0. The minimum absolute atomic E-state index is 0.00695. The minimum atomic E-state index is -1.06. The van der Waals surface area contributed by atoms with Crippen LogP contribution in [0.15, 0.2) is 48.5 Å². The Kier molecular flexibility index (Phi) is 6.48. The highest BCUT2D eigenvalue weighted by Gasteiger charge is 2.19. The summed E-state index contributed by atoms with van der Waals surface area (Å²) in [6, 6.07) is 11.2. The summed E-state index contributed by atoms with van der Waals surface area (Å²) in [5.74, 6) is -0.935. The molecule has 0 saturated carbocycles. The molecule has 0 fully saturated rings. The molecule has 0 saturated heterocycles. The minimum Gasteiger partial charge on any atom is -0.491 e. The average Bonchev–Trinajstić information content (AvgIpc) is 2.61. The third-order valence-electron chi connectivity index (χ3n) is 3.68. The number of nitro groups is 1. The van der Waals surface area contributed by atoms with Gasteiger partial charge in [0, 0.05) is 17.7 Å². The molecule has 0 aliphatic rings. The number of carbonyl (C=O) groups is 2. The lowest BCUT2D eigenvalue weighted by atomic mass is 10.0. The van der Waals surface area contributed by atoms with Gasteiger partial charge >= 0.3 is 5.97 Å². The number of hydrogen-bond acceptors (Lipinski definition) is 5. The molecule has 0 radical (unpaired) electrons. The fourth-order valence-electron chi connectivity index (χ4n) is 2.45. The predicted molar refractivity (Wildman–Crippen MR) is 97.8 cm³/mol. The van der Waals surface area contributed by atoms with Crippen LogP contribution in [-0.4, -0.2) is 28.0 Å². The number of carbonyl (C=O) groups excluding carboxylic acids is 1. The number of rotatable bonds is 8. The first-order valence-electron chi connectivity index (χ1n) is 8.30. The Morgan fingerprint density at radius 3 is 2.19 bits per heavy atom. The van der Waals surface area contributed by atoms with Gasteiger partial charge in [-0.1, -0.05) is 12.1 Å². The molecule has 0 spiro atoms. The van der Waals surface area contributed by atoms with Crippen LogP contribution in [0.1, 0.15) is 42.2 Å². The Hall–Kier alpha value is -3.42. The number of nitrogens with zero attached hydrogens (tertiary/aromatic N) is 1. The Morgan fingerprint density at radius 1 is 1.11 bits per heavy atom. The van der Waals surface area contributed by atoms with Crippen LogP contribution in [-0.2, 0) is 4.79 Å². The molecule has 0 bridgehead atoms. The zero-order chi connectivity index (χ0) is 20.0. The Morgan fingerprint density at radius 2 is 1.70 bits per heavy atom. The first-order valence-corrected chi connectivity index (χ1v) is 8.30. The van der Waals surface area contributed by atoms with Crippen LogP contribution in [0, 0.1) is 10.1 Å². The smallest absolute Gasteiger partial charge is 0.305 e. The summed E-state index contributed by atoms with van der Waals surface area (Å²) < 4.78 is 5.55. The van der Waals surface area contributed by atoms with E-state index in [0.29, 0.717) is 11.3 Å². The van der Waals surface area contributed by atoms with Crippen molar-refractivity contribution in [3.63, 3.8) is 0 Å². The molecule has 2 rings (SSSR count). The molecule has 0 heterocycles. The largest absolute Gasteiger partial charge is 0.491 e. The van der Waals surface area contributed by atoms with Gasteiger partial charge in [0.2, 0.25) is 0 Å². The highest BCUT2D eigenvalue weighted by molar-refractivity contribution is 5.94. The van der Waals surface area contributed by atoms with Crippen LogP contribution in [0.5, 0.6) is 5.75 Å². The summed E-state index contributed by atoms with van der Waals surface area (Å²) in [5, 5.41) is 22.5. The second kappa shape index (κ2) is 8.79. The van der Waals surface area contributed by atoms with E-state index in [1.807, 2.05) is 13.8 Å². The summed E-state index contributed by atoms with van der Waals surface area (Å²) in [4.78, 5) is 33.7. The number of amides is 1. The van der Waals surface area contributed by atoms with Gasteiger partial charge in [-0.15, -0.1) is 0 Å². The second-order valence-electron chi connectivity index (χ2n) is 6.16. The standard InChI is InChI=1S/C19H20N2O6/c1-12(2)27-16-9-5-13(6-10-16)17(11-18(22)23)20-19(24)14-3-7-15(8-4-14)21(25)26/h3-10,12,17H,11H2,1-2H3,(H,20,24)(H,22,23). The number of benzene rings is 2. The van der Waals surface area contributed by atoms with Crippen molar-refractivity contribution in [3.8, 4) is 5.75 Å². The van der Waals surface area contributed by atoms with Gasteiger partial charge in [0.05, 0.1) is 23.5 Å². The second-order valence-corrected chi connectivity index (χ2v) is 6.16. The molecule has 142 valence electrons. The summed E-state index contributed by atoms with van der Waals surface area (Å²) in [7, 11) is 0. The fraction of sp³-hybridized carbons (Fsp3) is 0.263. The third-order valence-corrected chi connectivity index (χ3v) is 3.68. The predicted octanol–water partition coefficient (Wildman–Crippen LogP) is 3.33. The zero-order valence-corrected chi connectivity index (χ0v) is 14.9. The fourth-order valence-corrected chi connectivity index (χ4v) is 2.45. The maximum atomic E-state index is 12.4. The normalized spacial score (nSPS) is 11.7. The van der Waals surface area contributed by atoms with Gasteiger partial charge in [-0.25, -0.2) is 0 Å². The maximum Gasteiger partial charge on any atom is 0.305 e. The van der Waals surface area contributed by atoms with Gasteiger partial charge in [0.15, 0.2) is 0 Å². The van der Waals surface area contributed by atoms with Crippen molar-refractivity contribution in [1.29, 1.82) is 0 Å². The molecule has 0 aliphatic carbocycles. The number of nitrogens with one attached hydrogen (secondary N) is 1. The monoisotopic (exact) mass is 372 g/mol. The van der Waals surface area contributed by atoms with Crippen molar-refractivity contribution in [2.75, 3.05) is 0 Å². The molecule has 2 aromatic carbocycles. The lowest BCUT2D eigenvalue weighted by Gasteiger charge is -2.18. The molecule has 1 unspecified atom stereocenters. The Bertz CT molecular complexity index is 815. The quantitative estimate of drug-likeness (QED) is 0.542. The van der Waals surface area contributed by atoms with Gasteiger partial charge in [-0.3, -0.25) is 19.7 Å². The summed E-state index contributed by atoms with van der Waals surface area (Å²) in [5.41, 5.74) is 0.689. The van der Waals surface area contributed by atoms with Gasteiger partial charge in [0.1, 0.15) is 5.75 Å². The molecule has 8 heteroatoms. The van der Waals surface area contributed by atoms with E-state index < -0.39 is 22.8 Å². The van der Waals surface area contributed by atoms with Crippen LogP contribution in [0.4, 0.5) is 5.69 Å². The summed E-state index contributed by atoms with van der Waals surface area (Å²) in [6.45, 7) is 3.79. The molecular weight excluding hydrogens is 352 g/mol. The number of non-ortho nitro benzene ring substituents is 1. The van der Waals surface area contributed by atoms with E-state index in [1.165, 1.54) is 24.3 Å². The number of aliphatic carboxylic acids is 1. The number of hydrogen-bond donors (Lipinski definition) is 2. The molecule has 1 amide bonds. The molecule has 8 nitrogen and oxygen atoms in total. The van der Waals surface area contributed by atoms with E-state index in [-0.39, 0.29) is 23.8 Å². The number of carboxylic acids is 1. The van der Waals surface area contributed by atoms with Crippen molar-refractivity contribution >= 4 is 17.6 Å².